The summed E-state index contributed by atoms with van der Waals surface area (Å²) >= 11 is 0. The fraction of sp³-hybridized carbons (Fsp3) is 0.143. The van der Waals surface area contributed by atoms with Crippen LogP contribution in [0.2, 0.25) is 0 Å². The number of amides is 2. The molecular weight excluding hydrogens is 399 g/mol. The summed E-state index contributed by atoms with van der Waals surface area (Å²) in [4.78, 5) is 16.0. The second kappa shape index (κ2) is 9.64. The third-order valence-corrected chi connectivity index (χ3v) is 3.85. The Balaban J connectivity index is 1.43. The molecule has 0 atom stereocenters. The Labute approximate surface area is 170 Å². The Hall–Kier alpha value is -3.75. The number of pyridine rings is 1. The monoisotopic (exact) mass is 417 g/mol. The lowest BCUT2D eigenvalue weighted by Crippen LogP contribution is -2.28. The minimum atomic E-state index is -4.76. The van der Waals surface area contributed by atoms with Crippen molar-refractivity contribution in [3.63, 3.8) is 0 Å². The van der Waals surface area contributed by atoms with Gasteiger partial charge in [-0.2, -0.15) is 0 Å². The lowest BCUT2D eigenvalue weighted by Gasteiger charge is -2.11. The number of hydrogen-bond acceptors (Lipinski definition) is 4. The highest BCUT2D eigenvalue weighted by atomic mass is 19.4. The molecule has 1 heterocycles. The van der Waals surface area contributed by atoms with E-state index in [0.29, 0.717) is 18.0 Å². The molecule has 30 heavy (non-hydrogen) atoms. The third kappa shape index (κ3) is 7.01. The number of benzene rings is 2. The van der Waals surface area contributed by atoms with Crippen LogP contribution in [-0.4, -0.2) is 17.4 Å². The SMILES string of the molecule is O=C(NCc1ccc(OCc2cccnc2)cc1)Nc1ccc(OC(F)(F)F)cc1. The summed E-state index contributed by atoms with van der Waals surface area (Å²) in [5.74, 6) is 0.326. The minimum Gasteiger partial charge on any atom is -0.489 e. The van der Waals surface area contributed by atoms with Gasteiger partial charge in [0, 0.05) is 30.2 Å². The maximum absolute atomic E-state index is 12.1. The average Bonchev–Trinajstić information content (AvgIpc) is 2.73. The number of nitrogens with one attached hydrogen (secondary N) is 2. The molecule has 0 spiro atoms. The van der Waals surface area contributed by atoms with Gasteiger partial charge in [0.15, 0.2) is 0 Å². The quantitative estimate of drug-likeness (QED) is 0.575. The Morgan fingerprint density at radius 2 is 1.63 bits per heavy atom. The zero-order valence-electron chi connectivity index (χ0n) is 15.6. The van der Waals surface area contributed by atoms with Gasteiger partial charge in [-0.1, -0.05) is 18.2 Å². The van der Waals surface area contributed by atoms with E-state index in [2.05, 4.69) is 20.4 Å². The molecule has 0 aliphatic heterocycles. The summed E-state index contributed by atoms with van der Waals surface area (Å²) in [5.41, 5.74) is 2.15. The highest BCUT2D eigenvalue weighted by molar-refractivity contribution is 5.89. The van der Waals surface area contributed by atoms with Crippen LogP contribution in [0.4, 0.5) is 23.7 Å². The normalized spacial score (nSPS) is 10.9. The number of carbonyl (C=O) groups excluding carboxylic acids is 1. The number of aromatic nitrogens is 1. The van der Waals surface area contributed by atoms with Gasteiger partial charge in [-0.05, 0) is 48.0 Å². The maximum atomic E-state index is 12.1. The van der Waals surface area contributed by atoms with Crippen LogP contribution in [0.5, 0.6) is 11.5 Å². The first-order valence-corrected chi connectivity index (χ1v) is 8.89. The second-order valence-corrected chi connectivity index (χ2v) is 6.17. The molecule has 0 radical (unpaired) electrons. The fourth-order valence-corrected chi connectivity index (χ4v) is 2.45. The van der Waals surface area contributed by atoms with Crippen molar-refractivity contribution in [1.29, 1.82) is 0 Å². The fourth-order valence-electron chi connectivity index (χ4n) is 2.45. The minimum absolute atomic E-state index is 0.268. The summed E-state index contributed by atoms with van der Waals surface area (Å²) in [6.45, 7) is 0.671. The molecular formula is C21H18F3N3O3. The number of ether oxygens (including phenoxy) is 2. The predicted octanol–water partition coefficient (Wildman–Crippen LogP) is 4.88. The van der Waals surface area contributed by atoms with E-state index in [1.165, 1.54) is 12.1 Å². The summed E-state index contributed by atoms with van der Waals surface area (Å²) in [6.07, 6.45) is -1.34. The first kappa shape index (κ1) is 21.0. The van der Waals surface area contributed by atoms with E-state index in [9.17, 15) is 18.0 Å². The van der Waals surface area contributed by atoms with E-state index in [4.69, 9.17) is 4.74 Å². The zero-order chi connectivity index (χ0) is 21.4. The molecule has 0 aliphatic rings. The van der Waals surface area contributed by atoms with Crippen LogP contribution in [-0.2, 0) is 13.2 Å². The van der Waals surface area contributed by atoms with E-state index in [1.54, 1.807) is 24.5 Å². The van der Waals surface area contributed by atoms with Crippen LogP contribution in [0.1, 0.15) is 11.1 Å². The van der Waals surface area contributed by atoms with Crippen LogP contribution in [0.25, 0.3) is 0 Å². The van der Waals surface area contributed by atoms with Crippen LogP contribution < -0.4 is 20.1 Å². The molecule has 0 bridgehead atoms. The van der Waals surface area contributed by atoms with Gasteiger partial charge in [0.2, 0.25) is 0 Å². The average molecular weight is 417 g/mol. The Morgan fingerprint density at radius 3 is 2.27 bits per heavy atom. The molecule has 156 valence electrons. The van der Waals surface area contributed by atoms with Crippen molar-refractivity contribution < 1.29 is 27.4 Å². The van der Waals surface area contributed by atoms with Crippen LogP contribution >= 0.6 is 0 Å². The van der Waals surface area contributed by atoms with Crippen molar-refractivity contribution in [3.8, 4) is 11.5 Å². The topological polar surface area (TPSA) is 72.5 Å². The first-order valence-electron chi connectivity index (χ1n) is 8.89. The summed E-state index contributed by atoms with van der Waals surface area (Å²) in [5, 5.41) is 5.20. The van der Waals surface area contributed by atoms with E-state index < -0.39 is 12.4 Å². The lowest BCUT2D eigenvalue weighted by atomic mass is 10.2. The summed E-state index contributed by atoms with van der Waals surface area (Å²) in [7, 11) is 0. The number of urea groups is 1. The largest absolute Gasteiger partial charge is 0.573 e. The molecule has 3 rings (SSSR count). The molecule has 0 saturated carbocycles. The number of rotatable bonds is 7. The lowest BCUT2D eigenvalue weighted by molar-refractivity contribution is -0.274. The van der Waals surface area contributed by atoms with Crippen LogP contribution in [0.15, 0.2) is 73.1 Å². The van der Waals surface area contributed by atoms with Gasteiger partial charge in [-0.3, -0.25) is 4.98 Å². The Morgan fingerprint density at radius 1 is 0.933 bits per heavy atom. The molecule has 6 nitrogen and oxygen atoms in total. The molecule has 0 saturated heterocycles. The number of carbonyl (C=O) groups is 1. The highest BCUT2D eigenvalue weighted by Crippen LogP contribution is 2.24. The second-order valence-electron chi connectivity index (χ2n) is 6.17. The number of nitrogens with zero attached hydrogens (tertiary/aromatic N) is 1. The number of hydrogen-bond donors (Lipinski definition) is 2. The van der Waals surface area contributed by atoms with Crippen molar-refractivity contribution in [3.05, 3.63) is 84.2 Å². The maximum Gasteiger partial charge on any atom is 0.573 e. The van der Waals surface area contributed by atoms with Crippen LogP contribution in [0, 0.1) is 0 Å². The molecule has 2 N–H and O–H groups in total. The van der Waals surface area contributed by atoms with Gasteiger partial charge in [0.1, 0.15) is 18.1 Å². The number of alkyl halides is 3. The molecule has 9 heteroatoms. The van der Waals surface area contributed by atoms with Gasteiger partial charge >= 0.3 is 12.4 Å². The van der Waals surface area contributed by atoms with E-state index >= 15 is 0 Å². The first-order chi connectivity index (χ1) is 14.4. The third-order valence-electron chi connectivity index (χ3n) is 3.85. The van der Waals surface area contributed by atoms with Gasteiger partial charge < -0.3 is 20.1 Å². The van der Waals surface area contributed by atoms with E-state index in [-0.39, 0.29) is 12.3 Å². The zero-order valence-corrected chi connectivity index (χ0v) is 15.6. The predicted molar refractivity (Wildman–Crippen MR) is 104 cm³/mol. The Kier molecular flexibility index (Phi) is 6.74. The van der Waals surface area contributed by atoms with Gasteiger partial charge in [0.25, 0.3) is 0 Å². The molecule has 3 aromatic rings. The van der Waals surface area contributed by atoms with Gasteiger partial charge in [-0.15, -0.1) is 13.2 Å². The molecule has 1 aromatic heterocycles. The van der Waals surface area contributed by atoms with Crippen molar-refractivity contribution in [2.24, 2.45) is 0 Å². The molecule has 0 aliphatic carbocycles. The van der Waals surface area contributed by atoms with E-state index in [0.717, 1.165) is 23.3 Å². The van der Waals surface area contributed by atoms with Crippen molar-refractivity contribution in [1.82, 2.24) is 10.3 Å². The van der Waals surface area contributed by atoms with E-state index in [1.807, 2.05) is 24.3 Å². The Bertz CT molecular complexity index is 947. The highest BCUT2D eigenvalue weighted by Gasteiger charge is 2.30. The van der Waals surface area contributed by atoms with Crippen molar-refractivity contribution in [2.75, 3.05) is 5.32 Å². The molecule has 0 fully saturated rings. The van der Waals surface area contributed by atoms with Crippen molar-refractivity contribution >= 4 is 11.7 Å². The number of anilines is 1. The molecule has 0 unspecified atom stereocenters. The van der Waals surface area contributed by atoms with Crippen molar-refractivity contribution in [2.45, 2.75) is 19.5 Å². The summed E-state index contributed by atoms with van der Waals surface area (Å²) in [6, 6.07) is 15.4. The smallest absolute Gasteiger partial charge is 0.489 e. The van der Waals surface area contributed by atoms with Gasteiger partial charge in [0.05, 0.1) is 0 Å². The summed E-state index contributed by atoms with van der Waals surface area (Å²) < 4.78 is 45.9. The van der Waals surface area contributed by atoms with Gasteiger partial charge in [-0.25, -0.2) is 4.79 Å². The standard InChI is InChI=1S/C21H18F3N3O3/c22-21(23,24)30-19-9-5-17(6-10-19)27-20(28)26-13-15-3-7-18(8-4-15)29-14-16-2-1-11-25-12-16/h1-12H,13-14H2,(H2,26,27,28). The van der Waals surface area contributed by atoms with Crippen LogP contribution in [0.3, 0.4) is 0 Å². The molecule has 2 amide bonds. The number of halogens is 3. The molecule has 2 aromatic carbocycles.